The Morgan fingerprint density at radius 3 is 1.93 bits per heavy atom. The number of rotatable bonds is 16. The largest absolute Gasteiger partial charge is 0.344 e. The molecule has 1 aliphatic heterocycles. The summed E-state index contributed by atoms with van der Waals surface area (Å²) in [7, 11) is 0. The van der Waals surface area contributed by atoms with Crippen molar-refractivity contribution in [3.63, 3.8) is 0 Å². The van der Waals surface area contributed by atoms with Crippen LogP contribution in [-0.4, -0.2) is 6.54 Å². The van der Waals surface area contributed by atoms with Gasteiger partial charge in [-0.2, -0.15) is 0 Å². The maximum Gasteiger partial charge on any atom is 0.0450 e. The molecule has 1 heteroatoms. The Morgan fingerprint density at radius 1 is 0.634 bits per heavy atom. The van der Waals surface area contributed by atoms with E-state index in [1.54, 1.807) is 5.57 Å². The van der Waals surface area contributed by atoms with Crippen LogP contribution in [0.2, 0.25) is 0 Å². The van der Waals surface area contributed by atoms with Crippen molar-refractivity contribution in [2.24, 2.45) is 0 Å². The number of hydrogen-bond acceptors (Lipinski definition) is 1. The fraction of sp³-hybridized carbons (Fsp3) is 0.550. The van der Waals surface area contributed by atoms with Crippen molar-refractivity contribution >= 4 is 11.3 Å². The van der Waals surface area contributed by atoms with Crippen LogP contribution in [0.25, 0.3) is 5.57 Å². The van der Waals surface area contributed by atoms with Gasteiger partial charge in [0, 0.05) is 28.8 Å². The first-order valence-electron chi connectivity index (χ1n) is 16.9. The Balaban J connectivity index is 1.58. The lowest BCUT2D eigenvalue weighted by Crippen LogP contribution is -2.27. The second-order valence-electron chi connectivity index (χ2n) is 13.6. The summed E-state index contributed by atoms with van der Waals surface area (Å²) in [6, 6.07) is 18.2. The highest BCUT2D eigenvalue weighted by Gasteiger charge is 2.39. The normalized spacial score (nSPS) is 18.1. The first kappa shape index (κ1) is 31.4. The zero-order chi connectivity index (χ0) is 29.3. The van der Waals surface area contributed by atoms with Crippen LogP contribution in [-0.2, 0) is 10.8 Å². The Morgan fingerprint density at radius 2 is 1.22 bits per heavy atom. The van der Waals surface area contributed by atoms with Crippen LogP contribution in [0.15, 0.2) is 78.0 Å². The third-order valence-corrected chi connectivity index (χ3v) is 9.76. The van der Waals surface area contributed by atoms with Gasteiger partial charge in [0.05, 0.1) is 0 Å². The van der Waals surface area contributed by atoms with Crippen LogP contribution < -0.4 is 4.90 Å². The van der Waals surface area contributed by atoms with Crippen molar-refractivity contribution in [2.45, 2.75) is 136 Å². The van der Waals surface area contributed by atoms with Crippen molar-refractivity contribution in [3.8, 4) is 0 Å². The van der Waals surface area contributed by atoms with Crippen molar-refractivity contribution < 1.29 is 0 Å². The molecule has 0 spiro atoms. The van der Waals surface area contributed by atoms with Crippen LogP contribution in [0.1, 0.15) is 142 Å². The van der Waals surface area contributed by atoms with Crippen LogP contribution in [0.5, 0.6) is 0 Å². The fourth-order valence-electron chi connectivity index (χ4n) is 7.29. The number of allylic oxidation sites excluding steroid dienone is 6. The monoisotopic (exact) mass is 551 g/mol. The molecule has 0 saturated heterocycles. The van der Waals surface area contributed by atoms with Crippen molar-refractivity contribution in [3.05, 3.63) is 94.7 Å². The highest BCUT2D eigenvalue weighted by atomic mass is 15.2. The average Bonchev–Trinajstić information content (AvgIpc) is 3.31. The average molecular weight is 552 g/mol. The second kappa shape index (κ2) is 14.6. The van der Waals surface area contributed by atoms with Crippen molar-refractivity contribution in [1.82, 2.24) is 0 Å². The molecular weight excluding hydrogens is 494 g/mol. The maximum absolute atomic E-state index is 2.62. The van der Waals surface area contributed by atoms with Gasteiger partial charge < -0.3 is 4.90 Å². The molecular formula is C40H57N. The zero-order valence-corrected chi connectivity index (χ0v) is 27.2. The van der Waals surface area contributed by atoms with Crippen LogP contribution in [0.4, 0.5) is 5.69 Å². The molecule has 0 saturated carbocycles. The van der Waals surface area contributed by atoms with Crippen LogP contribution in [0.3, 0.4) is 0 Å². The van der Waals surface area contributed by atoms with Gasteiger partial charge in [-0.1, -0.05) is 160 Å². The summed E-state index contributed by atoms with van der Waals surface area (Å²) < 4.78 is 0. The molecule has 0 amide bonds. The summed E-state index contributed by atoms with van der Waals surface area (Å²) in [5.74, 6) is 0. The first-order chi connectivity index (χ1) is 19.8. The molecule has 0 aromatic heterocycles. The van der Waals surface area contributed by atoms with Crippen molar-refractivity contribution in [1.29, 1.82) is 0 Å². The summed E-state index contributed by atoms with van der Waals surface area (Å²) >= 11 is 0. The molecule has 1 nitrogen and oxygen atoms in total. The molecule has 2 aromatic rings. The van der Waals surface area contributed by atoms with E-state index < -0.39 is 0 Å². The van der Waals surface area contributed by atoms with E-state index in [4.69, 9.17) is 0 Å². The van der Waals surface area contributed by atoms with E-state index in [2.05, 4.69) is 113 Å². The lowest BCUT2D eigenvalue weighted by Gasteiger charge is -2.27. The first-order valence-corrected chi connectivity index (χ1v) is 16.9. The number of unbranched alkanes of at least 4 members (excludes halogenated alkanes) is 10. The topological polar surface area (TPSA) is 3.24 Å². The van der Waals surface area contributed by atoms with E-state index >= 15 is 0 Å². The molecule has 0 N–H and O–H groups in total. The van der Waals surface area contributed by atoms with Crippen LogP contribution in [0, 0.1) is 0 Å². The Labute approximate surface area is 252 Å². The Bertz CT molecular complexity index is 1220. The Kier molecular flexibility index (Phi) is 11.2. The minimum Gasteiger partial charge on any atom is -0.344 e. The molecule has 0 unspecified atom stereocenters. The molecule has 0 bridgehead atoms. The van der Waals surface area contributed by atoms with E-state index in [1.807, 2.05) is 0 Å². The summed E-state index contributed by atoms with van der Waals surface area (Å²) in [5, 5.41) is 0. The van der Waals surface area contributed by atoms with Gasteiger partial charge in [0.15, 0.2) is 0 Å². The van der Waals surface area contributed by atoms with E-state index in [1.165, 1.54) is 117 Å². The lowest BCUT2D eigenvalue weighted by molar-refractivity contribution is 0.591. The second-order valence-corrected chi connectivity index (χ2v) is 13.6. The quantitative estimate of drug-likeness (QED) is 0.188. The SMILES string of the molecule is CCCCCCCCC1=C(/C=C/C=C2\N(CCCCCCCC)c3ccccc3C2(C)C)C(C)(C)c2ccccc21. The van der Waals surface area contributed by atoms with Gasteiger partial charge in [-0.25, -0.2) is 0 Å². The molecule has 1 aliphatic carbocycles. The van der Waals surface area contributed by atoms with Gasteiger partial charge in [0.2, 0.25) is 0 Å². The minimum absolute atomic E-state index is 0.00695. The number of benzene rings is 2. The molecule has 41 heavy (non-hydrogen) atoms. The minimum atomic E-state index is 0.00695. The number of para-hydroxylation sites is 1. The van der Waals surface area contributed by atoms with E-state index in [0.717, 1.165) is 6.54 Å². The lowest BCUT2D eigenvalue weighted by atomic mass is 9.80. The number of hydrogen-bond donors (Lipinski definition) is 0. The molecule has 2 aromatic carbocycles. The maximum atomic E-state index is 2.62. The summed E-state index contributed by atoms with van der Waals surface area (Å²) in [6.45, 7) is 15.4. The van der Waals surface area contributed by atoms with Gasteiger partial charge in [-0.3, -0.25) is 0 Å². The highest BCUT2D eigenvalue weighted by molar-refractivity contribution is 5.82. The van der Waals surface area contributed by atoms with E-state index in [0.29, 0.717) is 0 Å². The zero-order valence-electron chi connectivity index (χ0n) is 27.2. The third-order valence-electron chi connectivity index (χ3n) is 9.76. The molecule has 4 rings (SSSR count). The molecule has 2 aliphatic rings. The molecule has 0 atom stereocenters. The van der Waals surface area contributed by atoms with E-state index in [-0.39, 0.29) is 10.8 Å². The molecule has 0 radical (unpaired) electrons. The molecule has 0 fully saturated rings. The smallest absolute Gasteiger partial charge is 0.0450 e. The van der Waals surface area contributed by atoms with Crippen LogP contribution >= 0.6 is 0 Å². The molecule has 1 heterocycles. The summed E-state index contributed by atoms with van der Waals surface area (Å²) in [6.07, 6.45) is 24.5. The number of fused-ring (bicyclic) bond motifs is 2. The summed E-state index contributed by atoms with van der Waals surface area (Å²) in [5.41, 5.74) is 10.4. The van der Waals surface area contributed by atoms with E-state index in [9.17, 15) is 0 Å². The van der Waals surface area contributed by atoms with Gasteiger partial charge in [-0.05, 0) is 59.2 Å². The van der Waals surface area contributed by atoms with Gasteiger partial charge in [0.25, 0.3) is 0 Å². The predicted molar refractivity (Wildman–Crippen MR) is 182 cm³/mol. The van der Waals surface area contributed by atoms with Gasteiger partial charge >= 0.3 is 0 Å². The predicted octanol–water partition coefficient (Wildman–Crippen LogP) is 12.1. The standard InChI is InChI=1S/C40H57N/c1-7-9-11-13-15-17-24-32-33-25-18-19-26-34(33)39(3,4)35(32)28-23-30-38-40(5,6)36-27-20-21-29-37(36)41(38)31-22-16-14-12-10-8-2/h18-21,23,25-30H,7-17,22,24,31H2,1-6H3/b28-23+,38-30-. The number of nitrogens with zero attached hydrogens (tertiary/aromatic N) is 1. The highest BCUT2D eigenvalue weighted by Crippen LogP contribution is 2.50. The van der Waals surface area contributed by atoms with Crippen molar-refractivity contribution in [2.75, 3.05) is 11.4 Å². The van der Waals surface area contributed by atoms with Gasteiger partial charge in [0.1, 0.15) is 0 Å². The fourth-order valence-corrected chi connectivity index (χ4v) is 7.29. The third kappa shape index (κ3) is 7.10. The number of anilines is 1. The summed E-state index contributed by atoms with van der Waals surface area (Å²) in [4.78, 5) is 2.62. The van der Waals surface area contributed by atoms with Gasteiger partial charge in [-0.15, -0.1) is 0 Å². The molecule has 222 valence electrons. The Hall–Kier alpha value is -2.54.